The van der Waals surface area contributed by atoms with Crippen LogP contribution in [0.15, 0.2) is 54.9 Å². The van der Waals surface area contributed by atoms with Gasteiger partial charge in [0.15, 0.2) is 18.9 Å². The largest absolute Gasteiger partial charge is 0.478 e. The van der Waals surface area contributed by atoms with Crippen molar-refractivity contribution in [2.75, 3.05) is 0 Å². The Morgan fingerprint density at radius 1 is 1.06 bits per heavy atom. The Morgan fingerprint density at radius 2 is 1.71 bits per heavy atom. The number of benzene rings is 1. The van der Waals surface area contributed by atoms with E-state index in [2.05, 4.69) is 4.57 Å². The molecule has 0 saturated heterocycles. The molecule has 1 aromatic carbocycles. The highest BCUT2D eigenvalue weighted by Crippen LogP contribution is 2.05. The van der Waals surface area contributed by atoms with Gasteiger partial charge < -0.3 is 5.11 Å². The number of pyridine rings is 1. The molecule has 0 bridgehead atoms. The minimum Gasteiger partial charge on any atom is -0.478 e. The highest BCUT2D eigenvalue weighted by Gasteiger charge is 2.03. The van der Waals surface area contributed by atoms with Gasteiger partial charge in [0.2, 0.25) is 0 Å². The molecule has 3 nitrogen and oxygen atoms in total. The van der Waals surface area contributed by atoms with Crippen molar-refractivity contribution in [2.45, 2.75) is 13.0 Å². The van der Waals surface area contributed by atoms with Crippen molar-refractivity contribution < 1.29 is 14.5 Å². The quantitative estimate of drug-likeness (QED) is 0.812. The molecule has 0 atom stereocenters. The van der Waals surface area contributed by atoms with Gasteiger partial charge in [0.25, 0.3) is 0 Å². The van der Waals surface area contributed by atoms with E-state index in [4.69, 9.17) is 5.11 Å². The van der Waals surface area contributed by atoms with Crippen LogP contribution in [-0.4, -0.2) is 11.1 Å². The monoisotopic (exact) mass is 228 g/mol. The molecular weight excluding hydrogens is 214 g/mol. The maximum atomic E-state index is 10.7. The van der Waals surface area contributed by atoms with Crippen molar-refractivity contribution in [3.05, 3.63) is 66.0 Å². The molecule has 3 heteroatoms. The van der Waals surface area contributed by atoms with Gasteiger partial charge in [-0.25, -0.2) is 9.36 Å². The van der Waals surface area contributed by atoms with E-state index in [9.17, 15) is 4.79 Å². The van der Waals surface area contributed by atoms with Crippen molar-refractivity contribution in [1.29, 1.82) is 0 Å². The van der Waals surface area contributed by atoms with Crippen molar-refractivity contribution in [3.63, 3.8) is 0 Å². The molecule has 0 saturated carbocycles. The van der Waals surface area contributed by atoms with Gasteiger partial charge in [0.1, 0.15) is 0 Å². The summed E-state index contributed by atoms with van der Waals surface area (Å²) in [4.78, 5) is 10.7. The summed E-state index contributed by atoms with van der Waals surface area (Å²) in [6.07, 6.45) is 4.94. The fourth-order valence-corrected chi connectivity index (χ4v) is 1.66. The van der Waals surface area contributed by atoms with Crippen LogP contribution in [-0.2, 0) is 13.0 Å². The van der Waals surface area contributed by atoms with E-state index in [0.717, 1.165) is 18.5 Å². The first-order valence-corrected chi connectivity index (χ1v) is 5.52. The lowest BCUT2D eigenvalue weighted by Crippen LogP contribution is -2.33. The molecule has 1 aromatic heterocycles. The summed E-state index contributed by atoms with van der Waals surface area (Å²) in [5.74, 6) is -0.881. The normalized spacial score (nSPS) is 10.1. The predicted octanol–water partition coefficient (Wildman–Crippen LogP) is 1.92. The van der Waals surface area contributed by atoms with Crippen LogP contribution in [0, 0.1) is 0 Å². The second-order valence-corrected chi connectivity index (χ2v) is 3.87. The highest BCUT2D eigenvalue weighted by molar-refractivity contribution is 5.87. The number of carboxylic acid groups (broad SMARTS) is 1. The third kappa shape index (κ3) is 3.14. The Labute approximate surface area is 100.0 Å². The lowest BCUT2D eigenvalue weighted by atomic mass is 10.1. The summed E-state index contributed by atoms with van der Waals surface area (Å²) in [6, 6.07) is 13.0. The smallest absolute Gasteiger partial charge is 0.335 e. The Bertz CT molecular complexity index is 491. The van der Waals surface area contributed by atoms with E-state index in [1.54, 1.807) is 12.1 Å². The maximum absolute atomic E-state index is 10.7. The number of aromatic carboxylic acids is 1. The van der Waals surface area contributed by atoms with Crippen LogP contribution in [0.2, 0.25) is 0 Å². The average Bonchev–Trinajstić information content (AvgIpc) is 2.38. The molecule has 86 valence electrons. The van der Waals surface area contributed by atoms with Crippen molar-refractivity contribution in [3.8, 4) is 0 Å². The predicted molar refractivity (Wildman–Crippen MR) is 63.7 cm³/mol. The van der Waals surface area contributed by atoms with Crippen molar-refractivity contribution >= 4 is 5.97 Å². The summed E-state index contributed by atoms with van der Waals surface area (Å²) < 4.78 is 2.10. The molecule has 2 rings (SSSR count). The molecule has 0 unspecified atom stereocenters. The van der Waals surface area contributed by atoms with Gasteiger partial charge >= 0.3 is 5.97 Å². The standard InChI is InChI=1S/C14H13NO2/c16-14(17)13-6-4-12(5-7-13)8-11-15-9-2-1-3-10-15/h1-7,9-10H,8,11H2/p+1. The Balaban J connectivity index is 1.98. The molecule has 0 spiro atoms. The number of hydrogen-bond donors (Lipinski definition) is 1. The van der Waals surface area contributed by atoms with Gasteiger partial charge in [0.05, 0.1) is 5.56 Å². The molecule has 0 fully saturated rings. The van der Waals surface area contributed by atoms with Crippen LogP contribution in [0.3, 0.4) is 0 Å². The number of carboxylic acids is 1. The summed E-state index contributed by atoms with van der Waals surface area (Å²) in [5, 5.41) is 8.78. The fraction of sp³-hybridized carbons (Fsp3) is 0.143. The maximum Gasteiger partial charge on any atom is 0.335 e. The van der Waals surface area contributed by atoms with Gasteiger partial charge in [-0.1, -0.05) is 18.2 Å². The van der Waals surface area contributed by atoms with E-state index in [-0.39, 0.29) is 0 Å². The molecule has 17 heavy (non-hydrogen) atoms. The second kappa shape index (κ2) is 5.25. The lowest BCUT2D eigenvalue weighted by Gasteiger charge is -1.99. The fourth-order valence-electron chi connectivity index (χ4n) is 1.66. The minimum atomic E-state index is -0.881. The van der Waals surface area contributed by atoms with Crippen molar-refractivity contribution in [2.24, 2.45) is 0 Å². The Morgan fingerprint density at radius 3 is 2.29 bits per heavy atom. The molecule has 0 radical (unpaired) electrons. The molecule has 0 aliphatic heterocycles. The third-order valence-electron chi connectivity index (χ3n) is 2.64. The topological polar surface area (TPSA) is 41.2 Å². The molecular formula is C14H14NO2+. The van der Waals surface area contributed by atoms with Crippen LogP contribution < -0.4 is 4.57 Å². The molecule has 0 aliphatic rings. The van der Waals surface area contributed by atoms with E-state index in [1.165, 1.54) is 0 Å². The average molecular weight is 228 g/mol. The van der Waals surface area contributed by atoms with E-state index >= 15 is 0 Å². The molecule has 2 aromatic rings. The molecule has 1 heterocycles. The lowest BCUT2D eigenvalue weighted by molar-refractivity contribution is -0.696. The van der Waals surface area contributed by atoms with Crippen LogP contribution in [0.25, 0.3) is 0 Å². The number of nitrogens with zero attached hydrogens (tertiary/aromatic N) is 1. The van der Waals surface area contributed by atoms with Gasteiger partial charge in [-0.05, 0) is 17.7 Å². The summed E-state index contributed by atoms with van der Waals surface area (Å²) in [5.41, 5.74) is 1.48. The third-order valence-corrected chi connectivity index (χ3v) is 2.64. The van der Waals surface area contributed by atoms with Gasteiger partial charge in [-0.3, -0.25) is 0 Å². The van der Waals surface area contributed by atoms with Crippen LogP contribution >= 0.6 is 0 Å². The number of carbonyl (C=O) groups is 1. The Hall–Kier alpha value is -2.16. The van der Waals surface area contributed by atoms with Crippen LogP contribution in [0.4, 0.5) is 0 Å². The SMILES string of the molecule is O=C(O)c1ccc(CC[n+]2ccccc2)cc1. The second-order valence-electron chi connectivity index (χ2n) is 3.87. The van der Waals surface area contributed by atoms with Crippen molar-refractivity contribution in [1.82, 2.24) is 0 Å². The number of aromatic nitrogens is 1. The van der Waals surface area contributed by atoms with Gasteiger partial charge in [0, 0.05) is 18.6 Å². The van der Waals surface area contributed by atoms with Crippen LogP contribution in [0.1, 0.15) is 15.9 Å². The zero-order valence-electron chi connectivity index (χ0n) is 9.41. The first kappa shape index (κ1) is 11.3. The van der Waals surface area contributed by atoms with E-state index in [1.807, 2.05) is 42.7 Å². The Kier molecular flexibility index (Phi) is 3.50. The van der Waals surface area contributed by atoms with E-state index < -0.39 is 5.97 Å². The number of aryl methyl sites for hydroxylation is 2. The zero-order valence-corrected chi connectivity index (χ0v) is 9.41. The molecule has 0 amide bonds. The van der Waals surface area contributed by atoms with Crippen LogP contribution in [0.5, 0.6) is 0 Å². The number of hydrogen-bond acceptors (Lipinski definition) is 1. The molecule has 1 N–H and O–H groups in total. The summed E-state index contributed by atoms with van der Waals surface area (Å²) >= 11 is 0. The first-order valence-electron chi connectivity index (χ1n) is 5.52. The molecule has 0 aliphatic carbocycles. The minimum absolute atomic E-state index is 0.334. The zero-order chi connectivity index (χ0) is 12.1. The van der Waals surface area contributed by atoms with Gasteiger partial charge in [-0.15, -0.1) is 0 Å². The summed E-state index contributed by atoms with van der Waals surface area (Å²) in [7, 11) is 0. The number of rotatable bonds is 4. The summed E-state index contributed by atoms with van der Waals surface area (Å²) in [6.45, 7) is 0.896. The highest BCUT2D eigenvalue weighted by atomic mass is 16.4. The van der Waals surface area contributed by atoms with Gasteiger partial charge in [-0.2, -0.15) is 0 Å². The van der Waals surface area contributed by atoms with E-state index in [0.29, 0.717) is 5.56 Å². The first-order chi connectivity index (χ1) is 8.25.